The zero-order chi connectivity index (χ0) is 16.1. The van der Waals surface area contributed by atoms with Gasteiger partial charge in [0.25, 0.3) is 0 Å². The topological polar surface area (TPSA) is 25.8 Å². The number of halogens is 2. The van der Waals surface area contributed by atoms with Crippen molar-refractivity contribution in [1.29, 1.82) is 0 Å². The Balaban J connectivity index is 1.51. The average molecular weight is 399 g/mol. The Morgan fingerprint density at radius 2 is 1.30 bits per heavy atom. The molecule has 0 radical (unpaired) electrons. The van der Waals surface area contributed by atoms with Crippen LogP contribution in [0.15, 0.2) is 58.0 Å². The molecule has 0 fully saturated rings. The van der Waals surface area contributed by atoms with Crippen LogP contribution in [0, 0.1) is 0 Å². The Morgan fingerprint density at radius 3 is 1.87 bits per heavy atom. The van der Waals surface area contributed by atoms with Gasteiger partial charge in [0, 0.05) is 21.6 Å². The van der Waals surface area contributed by atoms with Gasteiger partial charge in [-0.3, -0.25) is 0 Å². The molecule has 0 aliphatic carbocycles. The second kappa shape index (κ2) is 8.40. The predicted octanol–water partition coefficient (Wildman–Crippen LogP) is 6.43. The van der Waals surface area contributed by atoms with E-state index in [9.17, 15) is 0 Å². The molecule has 0 atom stereocenters. The predicted molar refractivity (Wildman–Crippen MR) is 102 cm³/mol. The Morgan fingerprint density at radius 1 is 0.783 bits per heavy atom. The van der Waals surface area contributed by atoms with Gasteiger partial charge in [-0.05, 0) is 46.9 Å². The lowest BCUT2D eigenvalue weighted by Crippen LogP contribution is -1.82. The van der Waals surface area contributed by atoms with Crippen molar-refractivity contribution in [1.82, 2.24) is 9.36 Å². The number of aromatic nitrogens is 2. The van der Waals surface area contributed by atoms with Crippen LogP contribution in [0.4, 0.5) is 0 Å². The second-order valence-corrected chi connectivity index (χ2v) is 8.46. The van der Waals surface area contributed by atoms with Crippen molar-refractivity contribution in [2.24, 2.45) is 0 Å². The molecule has 3 rings (SSSR count). The van der Waals surface area contributed by atoms with Crippen LogP contribution in [-0.2, 0) is 11.5 Å². The molecule has 0 spiro atoms. The van der Waals surface area contributed by atoms with Crippen molar-refractivity contribution in [2.45, 2.75) is 21.0 Å². The van der Waals surface area contributed by atoms with Gasteiger partial charge < -0.3 is 0 Å². The summed E-state index contributed by atoms with van der Waals surface area (Å²) in [6, 6.07) is 15.7. The van der Waals surface area contributed by atoms with E-state index in [1.165, 1.54) is 22.7 Å². The first kappa shape index (κ1) is 17.1. The van der Waals surface area contributed by atoms with E-state index in [2.05, 4.69) is 9.36 Å². The van der Waals surface area contributed by atoms with E-state index < -0.39 is 0 Å². The first-order valence-electron chi connectivity index (χ1n) is 6.77. The van der Waals surface area contributed by atoms with E-state index in [4.69, 9.17) is 23.2 Å². The first-order chi connectivity index (χ1) is 11.2. The highest BCUT2D eigenvalue weighted by Crippen LogP contribution is 2.29. The number of rotatable bonds is 6. The molecule has 0 unspecified atom stereocenters. The smallest absolute Gasteiger partial charge is 0.201 e. The number of nitrogens with zero attached hydrogens (tertiary/aromatic N) is 2. The van der Waals surface area contributed by atoms with Gasteiger partial charge in [-0.25, -0.2) is 4.98 Å². The van der Waals surface area contributed by atoms with Gasteiger partial charge in [0.2, 0.25) is 5.16 Å². The fraction of sp³-hybridized carbons (Fsp3) is 0.125. The zero-order valence-corrected chi connectivity index (χ0v) is 15.9. The molecule has 0 aliphatic rings. The van der Waals surface area contributed by atoms with Crippen molar-refractivity contribution in [3.05, 3.63) is 69.7 Å². The fourth-order valence-corrected chi connectivity index (χ4v) is 4.56. The van der Waals surface area contributed by atoms with Crippen molar-refractivity contribution < 1.29 is 0 Å². The molecule has 1 aromatic heterocycles. The second-order valence-electron chi connectivity index (χ2n) is 4.67. The van der Waals surface area contributed by atoms with E-state index in [-0.39, 0.29) is 0 Å². The summed E-state index contributed by atoms with van der Waals surface area (Å²) in [5.41, 5.74) is 2.44. The third-order valence-electron chi connectivity index (χ3n) is 2.95. The summed E-state index contributed by atoms with van der Waals surface area (Å²) in [4.78, 5) is 4.56. The molecule has 0 aliphatic heterocycles. The van der Waals surface area contributed by atoms with E-state index in [0.29, 0.717) is 0 Å². The molecule has 0 bridgehead atoms. The molecular weight excluding hydrogens is 387 g/mol. The largest absolute Gasteiger partial charge is 0.203 e. The quantitative estimate of drug-likeness (QED) is 0.446. The SMILES string of the molecule is Clc1ccc(CSc2nsc(SCc3ccc(Cl)cc3)n2)cc1. The van der Waals surface area contributed by atoms with E-state index >= 15 is 0 Å². The molecule has 0 saturated heterocycles. The normalized spacial score (nSPS) is 10.9. The summed E-state index contributed by atoms with van der Waals surface area (Å²) in [6.45, 7) is 0. The van der Waals surface area contributed by atoms with Crippen LogP contribution in [0.5, 0.6) is 0 Å². The molecule has 1 heterocycles. The number of thioether (sulfide) groups is 2. The lowest BCUT2D eigenvalue weighted by Gasteiger charge is -1.99. The highest BCUT2D eigenvalue weighted by Gasteiger charge is 2.06. The summed E-state index contributed by atoms with van der Waals surface area (Å²) in [7, 11) is 0. The van der Waals surface area contributed by atoms with Crippen LogP contribution < -0.4 is 0 Å². The average Bonchev–Trinajstić information content (AvgIpc) is 3.02. The van der Waals surface area contributed by atoms with Crippen molar-refractivity contribution >= 4 is 58.3 Å². The van der Waals surface area contributed by atoms with Gasteiger partial charge in [-0.1, -0.05) is 71.0 Å². The van der Waals surface area contributed by atoms with Crippen molar-refractivity contribution in [2.75, 3.05) is 0 Å². The maximum absolute atomic E-state index is 5.89. The van der Waals surface area contributed by atoms with Gasteiger partial charge in [-0.2, -0.15) is 4.37 Å². The Hall–Kier alpha value is -0.720. The minimum absolute atomic E-state index is 0.756. The summed E-state index contributed by atoms with van der Waals surface area (Å²) < 4.78 is 5.39. The van der Waals surface area contributed by atoms with Gasteiger partial charge in [-0.15, -0.1) is 0 Å². The molecule has 2 nitrogen and oxygen atoms in total. The Bertz CT molecular complexity index is 694. The summed E-state index contributed by atoms with van der Waals surface area (Å²) in [5.74, 6) is 1.71. The third-order valence-corrected chi connectivity index (χ3v) is 6.39. The standard InChI is InChI=1S/C16H12Cl2N2S3/c17-13-5-1-11(2-6-13)9-21-15-19-16(23-20-15)22-10-12-3-7-14(18)8-4-12/h1-8H,9-10H2. The van der Waals surface area contributed by atoms with Crippen LogP contribution in [0.25, 0.3) is 0 Å². The van der Waals surface area contributed by atoms with Crippen LogP contribution in [0.1, 0.15) is 11.1 Å². The molecule has 23 heavy (non-hydrogen) atoms. The number of hydrogen-bond donors (Lipinski definition) is 0. The maximum atomic E-state index is 5.89. The Labute approximate surface area is 157 Å². The van der Waals surface area contributed by atoms with E-state index in [1.54, 1.807) is 23.5 Å². The Kier molecular flexibility index (Phi) is 6.25. The van der Waals surface area contributed by atoms with Gasteiger partial charge in [0.05, 0.1) is 0 Å². The highest BCUT2D eigenvalue weighted by atomic mass is 35.5. The molecule has 3 aromatic rings. The van der Waals surface area contributed by atoms with Gasteiger partial charge >= 0.3 is 0 Å². The summed E-state index contributed by atoms with van der Waals surface area (Å²) in [6.07, 6.45) is 0. The van der Waals surface area contributed by atoms with Crippen molar-refractivity contribution in [3.8, 4) is 0 Å². The zero-order valence-electron chi connectivity index (χ0n) is 11.9. The summed E-state index contributed by atoms with van der Waals surface area (Å²) >= 11 is 16.6. The highest BCUT2D eigenvalue weighted by molar-refractivity contribution is 8.00. The van der Waals surface area contributed by atoms with Crippen LogP contribution >= 0.6 is 58.3 Å². The molecule has 0 amide bonds. The molecular formula is C16H12Cl2N2S3. The van der Waals surface area contributed by atoms with E-state index in [1.807, 2.05) is 48.5 Å². The van der Waals surface area contributed by atoms with Gasteiger partial charge in [0.1, 0.15) is 0 Å². The lowest BCUT2D eigenvalue weighted by atomic mass is 10.2. The van der Waals surface area contributed by atoms with Crippen LogP contribution in [0.3, 0.4) is 0 Å². The number of hydrogen-bond acceptors (Lipinski definition) is 5. The monoisotopic (exact) mass is 398 g/mol. The fourth-order valence-electron chi connectivity index (χ4n) is 1.77. The molecule has 0 N–H and O–H groups in total. The van der Waals surface area contributed by atoms with Gasteiger partial charge in [0.15, 0.2) is 4.34 Å². The molecule has 118 valence electrons. The van der Waals surface area contributed by atoms with Crippen LogP contribution in [0.2, 0.25) is 10.0 Å². The lowest BCUT2D eigenvalue weighted by molar-refractivity contribution is 1.02. The number of benzene rings is 2. The third kappa shape index (κ3) is 5.40. The maximum Gasteiger partial charge on any atom is 0.201 e. The molecule has 7 heteroatoms. The minimum atomic E-state index is 0.756. The van der Waals surface area contributed by atoms with E-state index in [0.717, 1.165) is 31.0 Å². The minimum Gasteiger partial charge on any atom is -0.203 e. The van der Waals surface area contributed by atoms with Crippen LogP contribution in [-0.4, -0.2) is 9.36 Å². The molecule has 0 saturated carbocycles. The summed E-state index contributed by atoms with van der Waals surface area (Å²) in [5, 5.41) is 2.34. The molecule has 2 aromatic carbocycles. The first-order valence-corrected chi connectivity index (χ1v) is 10.3. The van der Waals surface area contributed by atoms with Crippen molar-refractivity contribution in [3.63, 3.8) is 0 Å².